The van der Waals surface area contributed by atoms with Gasteiger partial charge in [-0.15, -0.1) is 0 Å². The summed E-state index contributed by atoms with van der Waals surface area (Å²) in [4.78, 5) is 6.74. The normalized spacial score (nSPS) is 20.7. The van der Waals surface area contributed by atoms with Crippen LogP contribution in [-0.2, 0) is 0 Å². The molecule has 2 heteroatoms. The minimum atomic E-state index is 0.444. The fourth-order valence-electron chi connectivity index (χ4n) is 4.04. The Labute approximate surface area is 156 Å². The fourth-order valence-corrected chi connectivity index (χ4v) is 4.04. The first kappa shape index (κ1) is 16.8. The first-order chi connectivity index (χ1) is 12.8. The van der Waals surface area contributed by atoms with Crippen molar-refractivity contribution < 1.29 is 0 Å². The third-order valence-corrected chi connectivity index (χ3v) is 5.62. The lowest BCUT2D eigenvalue weighted by Gasteiger charge is -2.40. The van der Waals surface area contributed by atoms with Crippen molar-refractivity contribution in [1.82, 2.24) is 4.98 Å². The lowest BCUT2D eigenvalue weighted by molar-refractivity contribution is 0.374. The standard InChI is InChI=1S/C24H26N2/c1-2-19-10-12-22(26(18-19)23-14-16-25-17-15-23)13-11-21-8-5-7-20-6-3-4-9-24(20)21/h3-9,11,13-17,19,22H,2,10,12,18H2,1H3. The van der Waals surface area contributed by atoms with E-state index in [2.05, 4.69) is 83.6 Å². The molecule has 1 aromatic heterocycles. The average molecular weight is 342 g/mol. The van der Waals surface area contributed by atoms with Crippen LogP contribution in [0.25, 0.3) is 16.8 Å². The number of pyridine rings is 1. The van der Waals surface area contributed by atoms with E-state index in [1.54, 1.807) is 0 Å². The lowest BCUT2D eigenvalue weighted by Crippen LogP contribution is -2.42. The van der Waals surface area contributed by atoms with Gasteiger partial charge in [0.05, 0.1) is 0 Å². The molecule has 0 bridgehead atoms. The van der Waals surface area contributed by atoms with Crippen molar-refractivity contribution in [3.8, 4) is 0 Å². The first-order valence-electron chi connectivity index (χ1n) is 9.68. The smallest absolute Gasteiger partial charge is 0.0476 e. The van der Waals surface area contributed by atoms with Gasteiger partial charge in [-0.05, 0) is 47.2 Å². The predicted molar refractivity (Wildman–Crippen MR) is 111 cm³/mol. The minimum absolute atomic E-state index is 0.444. The van der Waals surface area contributed by atoms with Crippen LogP contribution in [0.3, 0.4) is 0 Å². The maximum Gasteiger partial charge on any atom is 0.0476 e. The first-order valence-corrected chi connectivity index (χ1v) is 9.68. The topological polar surface area (TPSA) is 16.1 Å². The summed E-state index contributed by atoms with van der Waals surface area (Å²) in [6, 6.07) is 19.9. The van der Waals surface area contributed by atoms with E-state index in [1.807, 2.05) is 12.4 Å². The maximum absolute atomic E-state index is 4.19. The van der Waals surface area contributed by atoms with Gasteiger partial charge < -0.3 is 4.90 Å². The molecule has 0 N–H and O–H groups in total. The molecule has 4 rings (SSSR count). The molecule has 1 fully saturated rings. The molecule has 2 nitrogen and oxygen atoms in total. The van der Waals surface area contributed by atoms with Gasteiger partial charge in [-0.2, -0.15) is 0 Å². The SMILES string of the molecule is CCC1CCC(C=Cc2cccc3ccccc23)N(c2ccncc2)C1. The molecule has 2 atom stereocenters. The number of aromatic nitrogens is 1. The van der Waals surface area contributed by atoms with Crippen molar-refractivity contribution in [2.45, 2.75) is 32.2 Å². The summed E-state index contributed by atoms with van der Waals surface area (Å²) in [5, 5.41) is 2.62. The van der Waals surface area contributed by atoms with Gasteiger partial charge in [0.25, 0.3) is 0 Å². The molecule has 2 aromatic carbocycles. The molecule has 0 amide bonds. The van der Waals surface area contributed by atoms with Crippen LogP contribution in [-0.4, -0.2) is 17.6 Å². The van der Waals surface area contributed by atoms with Crippen molar-refractivity contribution >= 4 is 22.5 Å². The quantitative estimate of drug-likeness (QED) is 0.583. The van der Waals surface area contributed by atoms with Crippen LogP contribution >= 0.6 is 0 Å². The Morgan fingerprint density at radius 1 is 1.00 bits per heavy atom. The second-order valence-electron chi connectivity index (χ2n) is 7.20. The molecule has 3 aromatic rings. The molecular formula is C24H26N2. The Balaban J connectivity index is 1.63. The number of hydrogen-bond acceptors (Lipinski definition) is 2. The molecule has 1 aliphatic heterocycles. The van der Waals surface area contributed by atoms with E-state index in [0.29, 0.717) is 6.04 Å². The van der Waals surface area contributed by atoms with Gasteiger partial charge in [-0.25, -0.2) is 0 Å². The molecule has 0 saturated carbocycles. The predicted octanol–water partition coefficient (Wildman–Crippen LogP) is 5.94. The zero-order valence-electron chi connectivity index (χ0n) is 15.4. The third kappa shape index (κ3) is 3.50. The summed E-state index contributed by atoms with van der Waals surface area (Å²) in [5.74, 6) is 0.783. The van der Waals surface area contributed by atoms with E-state index in [4.69, 9.17) is 0 Å². The highest BCUT2D eigenvalue weighted by Crippen LogP contribution is 2.30. The number of rotatable bonds is 4. The molecule has 132 valence electrons. The summed E-state index contributed by atoms with van der Waals surface area (Å²) < 4.78 is 0. The maximum atomic E-state index is 4.19. The van der Waals surface area contributed by atoms with Crippen LogP contribution in [0, 0.1) is 5.92 Å². The molecule has 0 spiro atoms. The summed E-state index contributed by atoms with van der Waals surface area (Å²) in [6.07, 6.45) is 12.3. The molecule has 1 saturated heterocycles. The highest BCUT2D eigenvalue weighted by Gasteiger charge is 2.25. The van der Waals surface area contributed by atoms with E-state index in [-0.39, 0.29) is 0 Å². The van der Waals surface area contributed by atoms with Crippen molar-refractivity contribution in [3.63, 3.8) is 0 Å². The minimum Gasteiger partial charge on any atom is -0.365 e. The molecule has 1 aliphatic rings. The van der Waals surface area contributed by atoms with Crippen molar-refractivity contribution in [1.29, 1.82) is 0 Å². The molecule has 2 heterocycles. The summed E-state index contributed by atoms with van der Waals surface area (Å²) in [6.45, 7) is 3.44. The Hall–Kier alpha value is -2.61. The Bertz CT molecular complexity index is 880. The van der Waals surface area contributed by atoms with E-state index >= 15 is 0 Å². The van der Waals surface area contributed by atoms with Crippen LogP contribution in [0.4, 0.5) is 5.69 Å². The van der Waals surface area contributed by atoms with Crippen LogP contribution in [0.5, 0.6) is 0 Å². The summed E-state index contributed by atoms with van der Waals surface area (Å²) >= 11 is 0. The van der Waals surface area contributed by atoms with Gasteiger partial charge in [0, 0.05) is 30.7 Å². The van der Waals surface area contributed by atoms with Crippen molar-refractivity contribution in [2.75, 3.05) is 11.4 Å². The summed E-state index contributed by atoms with van der Waals surface area (Å²) in [5.41, 5.74) is 2.58. The van der Waals surface area contributed by atoms with Crippen LogP contribution < -0.4 is 4.90 Å². The Morgan fingerprint density at radius 2 is 1.81 bits per heavy atom. The van der Waals surface area contributed by atoms with Gasteiger partial charge >= 0.3 is 0 Å². The number of piperidine rings is 1. The highest BCUT2D eigenvalue weighted by atomic mass is 15.2. The zero-order chi connectivity index (χ0) is 17.8. The molecule has 2 unspecified atom stereocenters. The van der Waals surface area contributed by atoms with Gasteiger partial charge in [-0.3, -0.25) is 4.98 Å². The number of nitrogens with zero attached hydrogens (tertiary/aromatic N) is 2. The van der Waals surface area contributed by atoms with Crippen LogP contribution in [0.2, 0.25) is 0 Å². The second-order valence-corrected chi connectivity index (χ2v) is 7.20. The molecular weight excluding hydrogens is 316 g/mol. The van der Waals surface area contributed by atoms with Gasteiger partial charge in [0.1, 0.15) is 0 Å². The Morgan fingerprint density at radius 3 is 2.65 bits per heavy atom. The molecule has 0 radical (unpaired) electrons. The second kappa shape index (κ2) is 7.74. The monoisotopic (exact) mass is 342 g/mol. The van der Waals surface area contributed by atoms with Crippen molar-refractivity contribution in [3.05, 3.63) is 78.6 Å². The fraction of sp³-hybridized carbons (Fsp3) is 0.292. The van der Waals surface area contributed by atoms with Crippen LogP contribution in [0.1, 0.15) is 31.7 Å². The average Bonchev–Trinajstić information content (AvgIpc) is 2.72. The highest BCUT2D eigenvalue weighted by molar-refractivity contribution is 5.90. The number of hydrogen-bond donors (Lipinski definition) is 0. The Kier molecular flexibility index (Phi) is 5.01. The van der Waals surface area contributed by atoms with E-state index in [9.17, 15) is 0 Å². The molecule has 0 aliphatic carbocycles. The number of fused-ring (bicyclic) bond motifs is 1. The van der Waals surface area contributed by atoms with E-state index in [0.717, 1.165) is 12.5 Å². The largest absolute Gasteiger partial charge is 0.365 e. The van der Waals surface area contributed by atoms with Gasteiger partial charge in [0.2, 0.25) is 0 Å². The van der Waals surface area contributed by atoms with Gasteiger partial charge in [-0.1, -0.05) is 68.0 Å². The number of benzene rings is 2. The molecule has 26 heavy (non-hydrogen) atoms. The van der Waals surface area contributed by atoms with Crippen LogP contribution in [0.15, 0.2) is 73.1 Å². The van der Waals surface area contributed by atoms with E-state index < -0.39 is 0 Å². The summed E-state index contributed by atoms with van der Waals surface area (Å²) in [7, 11) is 0. The van der Waals surface area contributed by atoms with Crippen molar-refractivity contribution in [2.24, 2.45) is 5.92 Å². The lowest BCUT2D eigenvalue weighted by atomic mass is 9.90. The third-order valence-electron chi connectivity index (χ3n) is 5.62. The van der Waals surface area contributed by atoms with Gasteiger partial charge in [0.15, 0.2) is 0 Å². The van der Waals surface area contributed by atoms with E-state index in [1.165, 1.54) is 41.3 Å². The zero-order valence-corrected chi connectivity index (χ0v) is 15.4. The number of anilines is 1.